The Morgan fingerprint density at radius 2 is 2.42 bits per heavy atom. The van der Waals surface area contributed by atoms with Crippen molar-refractivity contribution in [3.8, 4) is 0 Å². The minimum atomic E-state index is 0.668. The zero-order chi connectivity index (χ0) is 8.55. The summed E-state index contributed by atoms with van der Waals surface area (Å²) in [6.07, 6.45) is 4.42. The second kappa shape index (κ2) is 2.77. The van der Waals surface area contributed by atoms with Crippen LogP contribution in [-0.2, 0) is 6.42 Å². The van der Waals surface area contributed by atoms with Crippen molar-refractivity contribution < 1.29 is 4.79 Å². The summed E-state index contributed by atoms with van der Waals surface area (Å²) in [5.41, 5.74) is 3.22. The molecule has 0 spiro atoms. The molecule has 12 heavy (non-hydrogen) atoms. The molecule has 1 aromatic heterocycles. The van der Waals surface area contributed by atoms with Gasteiger partial charge in [0.25, 0.3) is 0 Å². The zero-order valence-corrected chi connectivity index (χ0v) is 7.26. The smallest absolute Gasteiger partial charge is 0.166 e. The Labute approximate surface area is 72.0 Å². The number of hydrogen-bond donors (Lipinski definition) is 1. The molecular weight excluding hydrogens is 150 g/mol. The quantitative estimate of drug-likeness (QED) is 0.681. The third-order valence-electron chi connectivity index (χ3n) is 2.45. The van der Waals surface area contributed by atoms with Crippen LogP contribution in [0.2, 0.25) is 0 Å². The number of aldehydes is 1. The molecule has 0 atom stereocenters. The lowest BCUT2D eigenvalue weighted by Crippen LogP contribution is -1.85. The molecule has 0 aliphatic heterocycles. The van der Waals surface area contributed by atoms with Gasteiger partial charge in [-0.25, -0.2) is 0 Å². The SMILES string of the molecule is CCc1cc(C2CC2)c(C=O)[nH]1. The maximum Gasteiger partial charge on any atom is 0.166 e. The van der Waals surface area contributed by atoms with Crippen molar-refractivity contribution in [1.82, 2.24) is 4.98 Å². The number of aryl methyl sites for hydroxylation is 1. The van der Waals surface area contributed by atoms with Crippen molar-refractivity contribution in [2.75, 3.05) is 0 Å². The van der Waals surface area contributed by atoms with Gasteiger partial charge in [0.1, 0.15) is 0 Å². The number of aromatic nitrogens is 1. The number of carbonyl (C=O) groups excluding carboxylic acids is 1. The Morgan fingerprint density at radius 1 is 1.67 bits per heavy atom. The molecule has 2 rings (SSSR count). The predicted octanol–water partition coefficient (Wildman–Crippen LogP) is 2.27. The van der Waals surface area contributed by atoms with E-state index in [9.17, 15) is 4.79 Å². The van der Waals surface area contributed by atoms with Crippen LogP contribution < -0.4 is 0 Å². The summed E-state index contributed by atoms with van der Waals surface area (Å²) in [7, 11) is 0. The number of H-pyrrole nitrogens is 1. The van der Waals surface area contributed by atoms with Gasteiger partial charge in [-0.1, -0.05) is 6.92 Å². The van der Waals surface area contributed by atoms with Crippen molar-refractivity contribution in [3.05, 3.63) is 23.0 Å². The molecule has 64 valence electrons. The molecule has 1 fully saturated rings. The lowest BCUT2D eigenvalue weighted by molar-refractivity contribution is 0.111. The monoisotopic (exact) mass is 163 g/mol. The van der Waals surface area contributed by atoms with Crippen LogP contribution >= 0.6 is 0 Å². The van der Waals surface area contributed by atoms with Crippen LogP contribution in [0.1, 0.15) is 47.4 Å². The fraction of sp³-hybridized carbons (Fsp3) is 0.500. The highest BCUT2D eigenvalue weighted by molar-refractivity contribution is 5.75. The van der Waals surface area contributed by atoms with Crippen molar-refractivity contribution >= 4 is 6.29 Å². The highest BCUT2D eigenvalue weighted by atomic mass is 16.1. The molecule has 1 aromatic rings. The molecule has 1 aliphatic carbocycles. The van der Waals surface area contributed by atoms with Crippen LogP contribution in [-0.4, -0.2) is 11.3 Å². The van der Waals surface area contributed by atoms with Gasteiger partial charge in [-0.05, 0) is 36.8 Å². The van der Waals surface area contributed by atoms with Gasteiger partial charge < -0.3 is 4.98 Å². The van der Waals surface area contributed by atoms with Crippen LogP contribution in [0.25, 0.3) is 0 Å². The third-order valence-corrected chi connectivity index (χ3v) is 2.45. The van der Waals surface area contributed by atoms with Gasteiger partial charge in [-0.3, -0.25) is 4.79 Å². The first-order valence-electron chi connectivity index (χ1n) is 4.52. The van der Waals surface area contributed by atoms with Crippen molar-refractivity contribution in [2.45, 2.75) is 32.1 Å². The molecule has 0 radical (unpaired) electrons. The summed E-state index contributed by atoms with van der Waals surface area (Å²) in [4.78, 5) is 13.8. The van der Waals surface area contributed by atoms with E-state index >= 15 is 0 Å². The van der Waals surface area contributed by atoms with E-state index < -0.39 is 0 Å². The molecule has 2 nitrogen and oxygen atoms in total. The Bertz CT molecular complexity index is 297. The van der Waals surface area contributed by atoms with Crippen molar-refractivity contribution in [2.24, 2.45) is 0 Å². The second-order valence-corrected chi connectivity index (χ2v) is 3.41. The fourth-order valence-corrected chi connectivity index (χ4v) is 1.57. The minimum absolute atomic E-state index is 0.668. The van der Waals surface area contributed by atoms with Crippen LogP contribution in [0.4, 0.5) is 0 Å². The first-order valence-corrected chi connectivity index (χ1v) is 4.52. The van der Waals surface area contributed by atoms with Crippen LogP contribution in [0.5, 0.6) is 0 Å². The summed E-state index contributed by atoms with van der Waals surface area (Å²) in [6, 6.07) is 2.14. The van der Waals surface area contributed by atoms with E-state index in [0.717, 1.165) is 18.4 Å². The number of hydrogen-bond acceptors (Lipinski definition) is 1. The highest BCUT2D eigenvalue weighted by Gasteiger charge is 2.27. The lowest BCUT2D eigenvalue weighted by Gasteiger charge is -1.90. The lowest BCUT2D eigenvalue weighted by atomic mass is 10.1. The van der Waals surface area contributed by atoms with Gasteiger partial charge in [0.05, 0.1) is 5.69 Å². The molecule has 2 heteroatoms. The molecule has 1 N–H and O–H groups in total. The van der Waals surface area contributed by atoms with E-state index in [4.69, 9.17) is 0 Å². The normalized spacial score (nSPS) is 16.4. The maximum absolute atomic E-state index is 10.7. The summed E-state index contributed by atoms with van der Waals surface area (Å²) < 4.78 is 0. The summed E-state index contributed by atoms with van der Waals surface area (Å²) in [5.74, 6) is 0.668. The van der Waals surface area contributed by atoms with E-state index in [1.807, 2.05) is 0 Å². The van der Waals surface area contributed by atoms with E-state index in [2.05, 4.69) is 18.0 Å². The Balaban J connectivity index is 2.36. The first-order chi connectivity index (χ1) is 5.85. The van der Waals surface area contributed by atoms with E-state index in [1.165, 1.54) is 24.1 Å². The summed E-state index contributed by atoms with van der Waals surface area (Å²) >= 11 is 0. The molecule has 1 saturated carbocycles. The number of rotatable bonds is 3. The molecule has 0 unspecified atom stereocenters. The number of nitrogens with one attached hydrogen (secondary N) is 1. The Kier molecular flexibility index (Phi) is 1.75. The average molecular weight is 163 g/mol. The second-order valence-electron chi connectivity index (χ2n) is 3.41. The van der Waals surface area contributed by atoms with Gasteiger partial charge in [-0.15, -0.1) is 0 Å². The number of aromatic amines is 1. The Hall–Kier alpha value is -1.05. The topological polar surface area (TPSA) is 32.9 Å². The number of carbonyl (C=O) groups is 1. The molecule has 0 bridgehead atoms. The Morgan fingerprint density at radius 3 is 2.92 bits per heavy atom. The van der Waals surface area contributed by atoms with Crippen molar-refractivity contribution in [1.29, 1.82) is 0 Å². The molecule has 1 aliphatic rings. The fourth-order valence-electron chi connectivity index (χ4n) is 1.57. The van der Waals surface area contributed by atoms with E-state index in [0.29, 0.717) is 5.92 Å². The van der Waals surface area contributed by atoms with Gasteiger partial charge in [-0.2, -0.15) is 0 Å². The third kappa shape index (κ3) is 1.17. The highest BCUT2D eigenvalue weighted by Crippen LogP contribution is 2.41. The van der Waals surface area contributed by atoms with Gasteiger partial charge in [0.2, 0.25) is 0 Å². The predicted molar refractivity (Wildman–Crippen MR) is 47.5 cm³/mol. The van der Waals surface area contributed by atoms with Gasteiger partial charge >= 0.3 is 0 Å². The summed E-state index contributed by atoms with van der Waals surface area (Å²) in [6.45, 7) is 2.09. The largest absolute Gasteiger partial charge is 0.356 e. The molecule has 0 aromatic carbocycles. The summed E-state index contributed by atoms with van der Waals surface area (Å²) in [5, 5.41) is 0. The average Bonchev–Trinajstić information content (AvgIpc) is 2.85. The van der Waals surface area contributed by atoms with Gasteiger partial charge in [0, 0.05) is 5.69 Å². The molecule has 0 saturated heterocycles. The van der Waals surface area contributed by atoms with Gasteiger partial charge in [0.15, 0.2) is 6.29 Å². The van der Waals surface area contributed by atoms with Crippen molar-refractivity contribution in [3.63, 3.8) is 0 Å². The minimum Gasteiger partial charge on any atom is -0.356 e. The van der Waals surface area contributed by atoms with Crippen LogP contribution in [0.3, 0.4) is 0 Å². The standard InChI is InChI=1S/C10H13NO/c1-2-8-5-9(7-3-4-7)10(6-12)11-8/h5-7,11H,2-4H2,1H3. The molecule has 1 heterocycles. The first kappa shape index (κ1) is 7.59. The van der Waals surface area contributed by atoms with E-state index in [1.54, 1.807) is 0 Å². The van der Waals surface area contributed by atoms with Crippen LogP contribution in [0, 0.1) is 0 Å². The van der Waals surface area contributed by atoms with E-state index in [-0.39, 0.29) is 0 Å². The molecule has 0 amide bonds. The van der Waals surface area contributed by atoms with Crippen LogP contribution in [0.15, 0.2) is 6.07 Å². The molecular formula is C10H13NO. The maximum atomic E-state index is 10.7. The zero-order valence-electron chi connectivity index (χ0n) is 7.26.